The van der Waals surface area contributed by atoms with Gasteiger partial charge in [-0.3, -0.25) is 4.79 Å². The molecule has 1 aliphatic carbocycles. The van der Waals surface area contributed by atoms with E-state index < -0.39 is 0 Å². The summed E-state index contributed by atoms with van der Waals surface area (Å²) in [4.78, 5) is 12.5. The zero-order chi connectivity index (χ0) is 18.9. The molecule has 27 heavy (non-hydrogen) atoms. The number of benzene rings is 2. The summed E-state index contributed by atoms with van der Waals surface area (Å²) >= 11 is 0. The van der Waals surface area contributed by atoms with Crippen molar-refractivity contribution >= 4 is 12.0 Å². The van der Waals surface area contributed by atoms with Crippen LogP contribution in [0.15, 0.2) is 48.5 Å². The highest BCUT2D eigenvalue weighted by molar-refractivity contribution is 5.92. The number of hydrogen-bond acceptors (Lipinski definition) is 3. The van der Waals surface area contributed by atoms with E-state index >= 15 is 0 Å². The first kappa shape index (κ1) is 17.6. The van der Waals surface area contributed by atoms with Gasteiger partial charge >= 0.3 is 0 Å². The molecule has 4 nitrogen and oxygen atoms in total. The van der Waals surface area contributed by atoms with Crippen molar-refractivity contribution in [2.75, 3.05) is 7.11 Å². The van der Waals surface area contributed by atoms with E-state index in [4.69, 9.17) is 9.47 Å². The van der Waals surface area contributed by atoms with Crippen LogP contribution in [0.3, 0.4) is 0 Å². The van der Waals surface area contributed by atoms with Crippen LogP contribution in [0.5, 0.6) is 11.5 Å². The van der Waals surface area contributed by atoms with E-state index in [-0.39, 0.29) is 23.4 Å². The second-order valence-electron chi connectivity index (χ2n) is 7.19. The van der Waals surface area contributed by atoms with Gasteiger partial charge in [0.15, 0.2) is 0 Å². The van der Waals surface area contributed by atoms with Gasteiger partial charge in [-0.15, -0.1) is 0 Å². The molecule has 5 heteroatoms. The Bertz CT molecular complexity index is 872. The van der Waals surface area contributed by atoms with E-state index in [2.05, 4.69) is 5.32 Å². The lowest BCUT2D eigenvalue weighted by Gasteiger charge is -2.48. The number of rotatable bonds is 4. The first-order valence-corrected chi connectivity index (χ1v) is 9.18. The standard InChI is InChI=1S/C22H22FNO3/c1-26-17-7-3-15(4-8-17)5-10-21(25)24-19-14-22(11-2-12-22)27-20-9-6-16(23)13-18(19)20/h3-10,13,19H,2,11-12,14H2,1H3,(H,24,25)/b10-5+. The summed E-state index contributed by atoms with van der Waals surface area (Å²) in [6, 6.07) is 11.7. The molecule has 2 aromatic rings. The minimum Gasteiger partial charge on any atom is -0.497 e. The molecule has 1 heterocycles. The molecule has 140 valence electrons. The van der Waals surface area contributed by atoms with Gasteiger partial charge in [0, 0.05) is 18.1 Å². The minimum atomic E-state index is -0.324. The zero-order valence-corrected chi connectivity index (χ0v) is 15.2. The summed E-state index contributed by atoms with van der Waals surface area (Å²) in [6.45, 7) is 0. The van der Waals surface area contributed by atoms with Gasteiger partial charge in [-0.1, -0.05) is 12.1 Å². The van der Waals surface area contributed by atoms with Gasteiger partial charge in [0.05, 0.1) is 13.2 Å². The van der Waals surface area contributed by atoms with Crippen molar-refractivity contribution < 1.29 is 18.7 Å². The third kappa shape index (κ3) is 3.68. The number of carbonyl (C=O) groups is 1. The van der Waals surface area contributed by atoms with Gasteiger partial charge in [0.2, 0.25) is 5.91 Å². The molecular formula is C22H22FNO3. The molecule has 1 amide bonds. The fourth-order valence-electron chi connectivity index (χ4n) is 3.75. The Kier molecular flexibility index (Phi) is 4.60. The Hall–Kier alpha value is -2.82. The molecule has 0 radical (unpaired) electrons. The molecule has 1 atom stereocenters. The van der Waals surface area contributed by atoms with E-state index in [0.717, 1.165) is 30.6 Å². The number of hydrogen-bond donors (Lipinski definition) is 1. The number of nitrogens with one attached hydrogen (secondary N) is 1. The van der Waals surface area contributed by atoms with Gasteiger partial charge in [-0.2, -0.15) is 0 Å². The monoisotopic (exact) mass is 367 g/mol. The maximum Gasteiger partial charge on any atom is 0.244 e. The first-order valence-electron chi connectivity index (χ1n) is 9.18. The second kappa shape index (κ2) is 7.06. The van der Waals surface area contributed by atoms with Gasteiger partial charge in [0.1, 0.15) is 22.9 Å². The average Bonchev–Trinajstić information content (AvgIpc) is 2.65. The van der Waals surface area contributed by atoms with Crippen molar-refractivity contribution in [2.24, 2.45) is 0 Å². The van der Waals surface area contributed by atoms with E-state index in [0.29, 0.717) is 17.7 Å². The third-order valence-corrected chi connectivity index (χ3v) is 5.37. The Morgan fingerprint density at radius 2 is 2.04 bits per heavy atom. The average molecular weight is 367 g/mol. The van der Waals surface area contributed by atoms with Crippen LogP contribution in [0.2, 0.25) is 0 Å². The van der Waals surface area contributed by atoms with Crippen LogP contribution in [0, 0.1) is 5.82 Å². The fraction of sp³-hybridized carbons (Fsp3) is 0.318. The molecule has 4 rings (SSSR count). The molecule has 1 N–H and O–H groups in total. The molecule has 0 saturated heterocycles. The quantitative estimate of drug-likeness (QED) is 0.815. The molecule has 1 fully saturated rings. The highest BCUT2D eigenvalue weighted by Gasteiger charge is 2.45. The Labute approximate surface area is 158 Å². The topological polar surface area (TPSA) is 47.6 Å². The lowest BCUT2D eigenvalue weighted by Crippen LogP contribution is -2.49. The summed E-state index contributed by atoms with van der Waals surface area (Å²) in [5.74, 6) is 0.910. The summed E-state index contributed by atoms with van der Waals surface area (Å²) in [5, 5.41) is 3.02. The van der Waals surface area contributed by atoms with Crippen LogP contribution in [-0.2, 0) is 4.79 Å². The van der Waals surface area contributed by atoms with Gasteiger partial charge < -0.3 is 14.8 Å². The van der Waals surface area contributed by atoms with E-state index in [9.17, 15) is 9.18 Å². The lowest BCUT2D eigenvalue weighted by molar-refractivity contribution is -0.118. The van der Waals surface area contributed by atoms with Crippen LogP contribution in [0.1, 0.15) is 42.9 Å². The number of carbonyl (C=O) groups excluding carboxylic acids is 1. The van der Waals surface area contributed by atoms with Gasteiger partial charge in [-0.05, 0) is 61.2 Å². The maximum atomic E-state index is 13.7. The Morgan fingerprint density at radius 1 is 1.26 bits per heavy atom. The summed E-state index contributed by atoms with van der Waals surface area (Å²) in [5.41, 5.74) is 1.39. The molecule has 1 unspecified atom stereocenters. The van der Waals surface area contributed by atoms with Crippen molar-refractivity contribution in [3.63, 3.8) is 0 Å². The number of ether oxygens (including phenoxy) is 2. The fourth-order valence-corrected chi connectivity index (χ4v) is 3.75. The first-order chi connectivity index (χ1) is 13.1. The zero-order valence-electron chi connectivity index (χ0n) is 15.2. The number of halogens is 1. The van der Waals surface area contributed by atoms with Gasteiger partial charge in [0.25, 0.3) is 0 Å². The predicted octanol–water partition coefficient (Wildman–Crippen LogP) is 4.41. The van der Waals surface area contributed by atoms with Crippen LogP contribution in [0.25, 0.3) is 6.08 Å². The van der Waals surface area contributed by atoms with E-state index in [1.165, 1.54) is 18.2 Å². The van der Waals surface area contributed by atoms with Gasteiger partial charge in [-0.25, -0.2) is 4.39 Å². The largest absolute Gasteiger partial charge is 0.497 e. The smallest absolute Gasteiger partial charge is 0.244 e. The third-order valence-electron chi connectivity index (χ3n) is 5.37. The number of fused-ring (bicyclic) bond motifs is 1. The van der Waals surface area contributed by atoms with Crippen molar-refractivity contribution in [3.8, 4) is 11.5 Å². The van der Waals surface area contributed by atoms with Crippen molar-refractivity contribution in [1.82, 2.24) is 5.32 Å². The van der Waals surface area contributed by atoms with Crippen LogP contribution >= 0.6 is 0 Å². The highest BCUT2D eigenvalue weighted by atomic mass is 19.1. The molecule has 1 aliphatic heterocycles. The molecule has 1 spiro atoms. The molecule has 0 aromatic heterocycles. The Balaban J connectivity index is 1.49. The molecule has 2 aliphatic rings. The molecule has 1 saturated carbocycles. The molecule has 2 aromatic carbocycles. The van der Waals surface area contributed by atoms with Crippen molar-refractivity contribution in [1.29, 1.82) is 0 Å². The summed E-state index contributed by atoms with van der Waals surface area (Å²) in [6.07, 6.45) is 6.99. The number of methoxy groups -OCH3 is 1. The molecular weight excluding hydrogens is 345 g/mol. The highest BCUT2D eigenvalue weighted by Crippen LogP contribution is 2.48. The summed E-state index contributed by atoms with van der Waals surface area (Å²) in [7, 11) is 1.61. The normalized spacial score (nSPS) is 19.9. The Morgan fingerprint density at radius 3 is 2.70 bits per heavy atom. The van der Waals surface area contributed by atoms with Crippen LogP contribution < -0.4 is 14.8 Å². The van der Waals surface area contributed by atoms with Crippen LogP contribution in [0.4, 0.5) is 4.39 Å². The van der Waals surface area contributed by atoms with E-state index in [1.54, 1.807) is 19.3 Å². The SMILES string of the molecule is COc1ccc(/C=C/C(=O)NC2CC3(CCC3)Oc3ccc(F)cc32)cc1. The maximum absolute atomic E-state index is 13.7. The lowest BCUT2D eigenvalue weighted by atomic mass is 9.73. The predicted molar refractivity (Wildman–Crippen MR) is 101 cm³/mol. The summed E-state index contributed by atoms with van der Waals surface area (Å²) < 4.78 is 25.0. The van der Waals surface area contributed by atoms with Crippen molar-refractivity contribution in [3.05, 3.63) is 65.5 Å². The van der Waals surface area contributed by atoms with Crippen LogP contribution in [-0.4, -0.2) is 18.6 Å². The van der Waals surface area contributed by atoms with E-state index in [1.807, 2.05) is 24.3 Å². The van der Waals surface area contributed by atoms with Crippen molar-refractivity contribution in [2.45, 2.75) is 37.3 Å². The second-order valence-corrected chi connectivity index (χ2v) is 7.19. The number of amides is 1. The molecule has 0 bridgehead atoms. The minimum absolute atomic E-state index is 0.206.